The van der Waals surface area contributed by atoms with Crippen molar-refractivity contribution < 1.29 is 4.39 Å². The number of para-hydroxylation sites is 1. The van der Waals surface area contributed by atoms with Crippen molar-refractivity contribution in [3.63, 3.8) is 0 Å². The first-order chi connectivity index (χ1) is 8.25. The van der Waals surface area contributed by atoms with Crippen molar-refractivity contribution in [1.29, 1.82) is 0 Å². The molecule has 17 heavy (non-hydrogen) atoms. The number of hydrogen-bond acceptors (Lipinski definition) is 2. The van der Waals surface area contributed by atoms with E-state index in [1.807, 2.05) is 19.2 Å². The van der Waals surface area contributed by atoms with E-state index in [0.717, 1.165) is 17.8 Å². The molecule has 1 aromatic carbocycles. The van der Waals surface area contributed by atoms with Crippen LogP contribution in [0.15, 0.2) is 18.2 Å². The highest BCUT2D eigenvalue weighted by Crippen LogP contribution is 2.34. The number of rotatable bonds is 5. The highest BCUT2D eigenvalue weighted by Gasteiger charge is 2.29. The first kappa shape index (κ1) is 11.0. The Kier molecular flexibility index (Phi) is 2.79. The Morgan fingerprint density at radius 3 is 2.71 bits per heavy atom. The lowest BCUT2D eigenvalue weighted by Gasteiger charge is -2.23. The largest absolute Gasteiger partial charge is 0.369 e. The summed E-state index contributed by atoms with van der Waals surface area (Å²) in [6, 6.07) is 6.62. The van der Waals surface area contributed by atoms with E-state index in [2.05, 4.69) is 10.2 Å². The van der Waals surface area contributed by atoms with Gasteiger partial charge in [-0.25, -0.2) is 4.39 Å². The van der Waals surface area contributed by atoms with Crippen LogP contribution in [-0.2, 0) is 6.54 Å². The maximum atomic E-state index is 14.0. The van der Waals surface area contributed by atoms with Gasteiger partial charge in [0.05, 0.1) is 5.69 Å². The van der Waals surface area contributed by atoms with Crippen LogP contribution in [0.1, 0.15) is 31.2 Å². The van der Waals surface area contributed by atoms with Gasteiger partial charge in [-0.3, -0.25) is 0 Å². The topological polar surface area (TPSA) is 15.3 Å². The number of benzene rings is 1. The minimum Gasteiger partial charge on any atom is -0.369 e. The van der Waals surface area contributed by atoms with Gasteiger partial charge in [-0.1, -0.05) is 12.1 Å². The molecule has 0 unspecified atom stereocenters. The third kappa shape index (κ3) is 2.44. The monoisotopic (exact) mass is 234 g/mol. The average molecular weight is 234 g/mol. The average Bonchev–Trinajstić information content (AvgIpc) is 3.17. The Bertz CT molecular complexity index is 411. The molecule has 2 aliphatic rings. The number of hydrogen-bond donors (Lipinski definition) is 1. The van der Waals surface area contributed by atoms with Crippen LogP contribution < -0.4 is 10.2 Å². The molecular formula is C14H19FN2. The van der Waals surface area contributed by atoms with Gasteiger partial charge in [0.25, 0.3) is 0 Å². The molecule has 1 aromatic rings. The smallest absolute Gasteiger partial charge is 0.146 e. The molecule has 0 saturated heterocycles. The highest BCUT2D eigenvalue weighted by atomic mass is 19.1. The Labute approximate surface area is 102 Å². The van der Waals surface area contributed by atoms with Crippen molar-refractivity contribution in [2.75, 3.05) is 11.9 Å². The van der Waals surface area contributed by atoms with Crippen LogP contribution in [0.5, 0.6) is 0 Å². The van der Waals surface area contributed by atoms with E-state index in [0.29, 0.717) is 12.1 Å². The van der Waals surface area contributed by atoms with Crippen molar-refractivity contribution in [3.05, 3.63) is 29.6 Å². The minimum atomic E-state index is -0.0884. The van der Waals surface area contributed by atoms with E-state index in [1.54, 1.807) is 6.07 Å². The molecule has 0 spiro atoms. The van der Waals surface area contributed by atoms with Crippen molar-refractivity contribution >= 4 is 5.69 Å². The number of anilines is 1. The molecule has 0 aromatic heterocycles. The predicted octanol–water partition coefficient (Wildman–Crippen LogP) is 2.68. The third-order valence-electron chi connectivity index (χ3n) is 3.68. The van der Waals surface area contributed by atoms with Crippen molar-refractivity contribution in [2.24, 2.45) is 0 Å². The number of halogens is 1. The summed E-state index contributed by atoms with van der Waals surface area (Å²) in [5, 5.41) is 3.46. The number of nitrogens with one attached hydrogen (secondary N) is 1. The van der Waals surface area contributed by atoms with E-state index < -0.39 is 0 Å². The molecule has 2 nitrogen and oxygen atoms in total. The second kappa shape index (κ2) is 4.30. The molecule has 2 aliphatic carbocycles. The fourth-order valence-corrected chi connectivity index (χ4v) is 2.28. The maximum absolute atomic E-state index is 14.0. The summed E-state index contributed by atoms with van der Waals surface area (Å²) in [5.41, 5.74) is 1.88. The molecule has 0 atom stereocenters. The third-order valence-corrected chi connectivity index (χ3v) is 3.68. The zero-order chi connectivity index (χ0) is 11.8. The molecule has 0 aliphatic heterocycles. The molecule has 2 saturated carbocycles. The zero-order valence-corrected chi connectivity index (χ0v) is 10.2. The quantitative estimate of drug-likeness (QED) is 0.842. The van der Waals surface area contributed by atoms with Crippen molar-refractivity contribution in [2.45, 2.75) is 44.3 Å². The molecular weight excluding hydrogens is 215 g/mol. The fraction of sp³-hybridized carbons (Fsp3) is 0.571. The Hall–Kier alpha value is -1.09. The summed E-state index contributed by atoms with van der Waals surface area (Å²) in [6.45, 7) is 0.787. The van der Waals surface area contributed by atoms with Crippen LogP contribution in [0, 0.1) is 5.82 Å². The van der Waals surface area contributed by atoms with E-state index in [1.165, 1.54) is 25.7 Å². The van der Waals surface area contributed by atoms with Gasteiger partial charge in [-0.2, -0.15) is 0 Å². The molecule has 3 heteroatoms. The normalized spacial score (nSPS) is 19.4. The molecule has 0 amide bonds. The number of nitrogens with zero attached hydrogens (tertiary/aromatic N) is 1. The summed E-state index contributed by atoms with van der Waals surface area (Å²) >= 11 is 0. The molecule has 1 N–H and O–H groups in total. The van der Waals surface area contributed by atoms with E-state index in [4.69, 9.17) is 0 Å². The van der Waals surface area contributed by atoms with Gasteiger partial charge in [-0.05, 0) is 37.3 Å². The highest BCUT2D eigenvalue weighted by molar-refractivity contribution is 5.56. The Morgan fingerprint density at radius 2 is 2.06 bits per heavy atom. The van der Waals surface area contributed by atoms with Gasteiger partial charge in [0.2, 0.25) is 0 Å². The fourth-order valence-electron chi connectivity index (χ4n) is 2.28. The molecule has 0 heterocycles. The molecule has 92 valence electrons. The van der Waals surface area contributed by atoms with Crippen LogP contribution in [0.2, 0.25) is 0 Å². The lowest BCUT2D eigenvalue weighted by atomic mass is 10.1. The second-order valence-corrected chi connectivity index (χ2v) is 5.24. The zero-order valence-electron chi connectivity index (χ0n) is 10.2. The summed E-state index contributed by atoms with van der Waals surface area (Å²) in [4.78, 5) is 2.11. The minimum absolute atomic E-state index is 0.0884. The van der Waals surface area contributed by atoms with Gasteiger partial charge in [0, 0.05) is 25.7 Å². The second-order valence-electron chi connectivity index (χ2n) is 5.24. The maximum Gasteiger partial charge on any atom is 0.146 e. The van der Waals surface area contributed by atoms with Gasteiger partial charge >= 0.3 is 0 Å². The first-order valence-electron chi connectivity index (χ1n) is 6.49. The van der Waals surface area contributed by atoms with Crippen LogP contribution in [0.4, 0.5) is 10.1 Å². The van der Waals surface area contributed by atoms with Gasteiger partial charge < -0.3 is 10.2 Å². The van der Waals surface area contributed by atoms with Crippen molar-refractivity contribution in [1.82, 2.24) is 5.32 Å². The summed E-state index contributed by atoms with van der Waals surface area (Å²) < 4.78 is 14.0. The van der Waals surface area contributed by atoms with E-state index in [-0.39, 0.29) is 5.82 Å². The van der Waals surface area contributed by atoms with Gasteiger partial charge in [0.1, 0.15) is 5.82 Å². The lowest BCUT2D eigenvalue weighted by Crippen LogP contribution is -2.24. The van der Waals surface area contributed by atoms with Crippen LogP contribution >= 0.6 is 0 Å². The van der Waals surface area contributed by atoms with E-state index >= 15 is 0 Å². The summed E-state index contributed by atoms with van der Waals surface area (Å²) in [6.07, 6.45) is 4.92. The molecule has 2 fully saturated rings. The van der Waals surface area contributed by atoms with E-state index in [9.17, 15) is 4.39 Å². The summed E-state index contributed by atoms with van der Waals surface area (Å²) in [5.74, 6) is -0.0884. The first-order valence-corrected chi connectivity index (χ1v) is 6.49. The van der Waals surface area contributed by atoms with Crippen molar-refractivity contribution in [3.8, 4) is 0 Å². The van der Waals surface area contributed by atoms with Gasteiger partial charge in [0.15, 0.2) is 0 Å². The standard InChI is InChI=1S/C14H19FN2/c1-17(12-7-8-12)14-10(3-2-4-13(14)15)9-16-11-5-6-11/h2-4,11-12,16H,5-9H2,1H3. The Balaban J connectivity index is 1.81. The predicted molar refractivity (Wildman–Crippen MR) is 67.7 cm³/mol. The molecule has 0 bridgehead atoms. The van der Waals surface area contributed by atoms with Crippen LogP contribution in [0.3, 0.4) is 0 Å². The molecule has 0 radical (unpaired) electrons. The SMILES string of the molecule is CN(c1c(F)cccc1CNC1CC1)C1CC1. The van der Waals surface area contributed by atoms with Crippen LogP contribution in [-0.4, -0.2) is 19.1 Å². The summed E-state index contributed by atoms with van der Waals surface area (Å²) in [7, 11) is 2.01. The lowest BCUT2D eigenvalue weighted by molar-refractivity contribution is 0.613. The van der Waals surface area contributed by atoms with Crippen LogP contribution in [0.25, 0.3) is 0 Å². The molecule has 3 rings (SSSR count). The Morgan fingerprint density at radius 1 is 1.29 bits per heavy atom. The van der Waals surface area contributed by atoms with Gasteiger partial charge in [-0.15, -0.1) is 0 Å².